The highest BCUT2D eigenvalue weighted by atomic mass is 16.5. The Hall–Kier alpha value is -7.44. The number of nitrogens with zero attached hydrogens (tertiary/aromatic N) is 2. The van der Waals surface area contributed by atoms with Crippen molar-refractivity contribution in [2.24, 2.45) is 11.8 Å². The van der Waals surface area contributed by atoms with E-state index in [0.717, 1.165) is 126 Å². The van der Waals surface area contributed by atoms with E-state index in [0.29, 0.717) is 13.2 Å². The van der Waals surface area contributed by atoms with Crippen LogP contribution in [0.4, 0.5) is 0 Å². The summed E-state index contributed by atoms with van der Waals surface area (Å²) in [6, 6.07) is 57.9. The molecule has 10 aromatic rings. The molecule has 0 radical (unpaired) electrons. The van der Waals surface area contributed by atoms with Crippen molar-refractivity contribution in [1.82, 2.24) is 9.13 Å². The van der Waals surface area contributed by atoms with Gasteiger partial charge in [0.05, 0.1) is 46.7 Å². The standard InChI is InChI=1S/C58H50N2O4/c1-37-31-47(57(61)53(33-37)59-49-25-11-5-19-41(49)42-20-6-12-26-50(42)59)45-23-9-15-29-55(45)63-35-39-17-3-4-18-40(39)36-64-56-30-16-10-24-46(56)48-32-38(2)34-54(58(48)62)60-51-27-13-7-21-43(51)44-22-8-14-28-52(44)60/h5-16,19-34,39-40,61-62H,3-4,17-18,35-36H2,1-2H3/t39-,40?/m1/s1. The predicted molar refractivity (Wildman–Crippen MR) is 262 cm³/mol. The van der Waals surface area contributed by atoms with Crippen molar-refractivity contribution >= 4 is 43.6 Å². The minimum atomic E-state index is 0.220. The van der Waals surface area contributed by atoms with Crippen LogP contribution in [0.2, 0.25) is 0 Å². The summed E-state index contributed by atoms with van der Waals surface area (Å²) in [6.45, 7) is 5.25. The molecule has 2 aromatic heterocycles. The second-order valence-corrected chi connectivity index (χ2v) is 17.5. The second kappa shape index (κ2) is 16.4. The highest BCUT2D eigenvalue weighted by molar-refractivity contribution is 6.10. The van der Waals surface area contributed by atoms with Gasteiger partial charge in [-0.3, -0.25) is 0 Å². The van der Waals surface area contributed by atoms with Gasteiger partial charge in [0.15, 0.2) is 0 Å². The number of rotatable bonds is 10. The number of phenols is 2. The Labute approximate surface area is 373 Å². The Morgan fingerprint density at radius 1 is 0.422 bits per heavy atom. The van der Waals surface area contributed by atoms with E-state index in [2.05, 4.69) is 144 Å². The van der Waals surface area contributed by atoms with Crippen molar-refractivity contribution in [2.75, 3.05) is 13.2 Å². The van der Waals surface area contributed by atoms with Gasteiger partial charge in [0.25, 0.3) is 0 Å². The first kappa shape index (κ1) is 39.4. The van der Waals surface area contributed by atoms with Crippen LogP contribution in [0, 0.1) is 25.7 Å². The van der Waals surface area contributed by atoms with E-state index in [-0.39, 0.29) is 23.3 Å². The monoisotopic (exact) mass is 838 g/mol. The number of hydrogen-bond donors (Lipinski definition) is 2. The molecule has 2 N–H and O–H groups in total. The maximum Gasteiger partial charge on any atom is 0.147 e. The lowest BCUT2D eigenvalue weighted by Gasteiger charge is -2.32. The molecular weight excluding hydrogens is 789 g/mol. The van der Waals surface area contributed by atoms with Crippen molar-refractivity contribution in [3.05, 3.63) is 181 Å². The van der Waals surface area contributed by atoms with Crippen molar-refractivity contribution < 1.29 is 19.7 Å². The molecule has 0 aliphatic heterocycles. The maximum atomic E-state index is 12.2. The number of aryl methyl sites for hydroxylation is 2. The maximum absolute atomic E-state index is 12.2. The molecule has 1 aliphatic rings. The first-order valence-corrected chi connectivity index (χ1v) is 22.5. The summed E-state index contributed by atoms with van der Waals surface area (Å²) in [4.78, 5) is 0. The molecule has 0 amide bonds. The van der Waals surface area contributed by atoms with Crippen molar-refractivity contribution in [2.45, 2.75) is 39.5 Å². The molecule has 0 saturated heterocycles. The number of phenolic OH excluding ortho intramolecular Hbond substituents is 2. The first-order chi connectivity index (χ1) is 31.4. The topological polar surface area (TPSA) is 68.8 Å². The van der Waals surface area contributed by atoms with E-state index in [9.17, 15) is 10.2 Å². The van der Waals surface area contributed by atoms with Gasteiger partial charge in [0, 0.05) is 43.8 Å². The quantitative estimate of drug-likeness (QED) is 0.144. The van der Waals surface area contributed by atoms with Gasteiger partial charge in [-0.1, -0.05) is 122 Å². The van der Waals surface area contributed by atoms with Gasteiger partial charge in [-0.2, -0.15) is 0 Å². The molecule has 316 valence electrons. The summed E-state index contributed by atoms with van der Waals surface area (Å²) >= 11 is 0. The summed E-state index contributed by atoms with van der Waals surface area (Å²) in [5.74, 6) is 2.50. The molecule has 0 spiro atoms. The first-order valence-electron chi connectivity index (χ1n) is 22.5. The molecule has 8 aromatic carbocycles. The minimum Gasteiger partial charge on any atom is -0.505 e. The highest BCUT2D eigenvalue weighted by Crippen LogP contribution is 2.45. The van der Waals surface area contributed by atoms with Crippen LogP contribution in [0.5, 0.6) is 23.0 Å². The van der Waals surface area contributed by atoms with Crippen LogP contribution in [-0.4, -0.2) is 32.6 Å². The Morgan fingerprint density at radius 2 is 0.750 bits per heavy atom. The molecule has 0 bridgehead atoms. The fourth-order valence-electron chi connectivity index (χ4n) is 10.4. The van der Waals surface area contributed by atoms with E-state index in [1.54, 1.807) is 0 Å². The zero-order chi connectivity index (χ0) is 43.3. The van der Waals surface area contributed by atoms with E-state index >= 15 is 0 Å². The third kappa shape index (κ3) is 6.81. The van der Waals surface area contributed by atoms with E-state index in [4.69, 9.17) is 9.47 Å². The highest BCUT2D eigenvalue weighted by Gasteiger charge is 2.28. The van der Waals surface area contributed by atoms with Crippen LogP contribution in [-0.2, 0) is 0 Å². The van der Waals surface area contributed by atoms with Gasteiger partial charge >= 0.3 is 0 Å². The van der Waals surface area contributed by atoms with Gasteiger partial charge in [0.1, 0.15) is 23.0 Å². The lowest BCUT2D eigenvalue weighted by atomic mass is 9.80. The van der Waals surface area contributed by atoms with Crippen LogP contribution in [0.3, 0.4) is 0 Å². The number of benzene rings is 8. The van der Waals surface area contributed by atoms with Gasteiger partial charge in [-0.25, -0.2) is 0 Å². The summed E-state index contributed by atoms with van der Waals surface area (Å²) in [6.07, 6.45) is 4.39. The average Bonchev–Trinajstić information content (AvgIpc) is 3.85. The molecular formula is C58H50N2O4. The van der Waals surface area contributed by atoms with Crippen LogP contribution in [0.15, 0.2) is 170 Å². The van der Waals surface area contributed by atoms with Crippen LogP contribution in [0.25, 0.3) is 77.2 Å². The number of para-hydroxylation sites is 6. The van der Waals surface area contributed by atoms with E-state index in [1.165, 1.54) is 0 Å². The van der Waals surface area contributed by atoms with Gasteiger partial charge in [-0.05, 0) is 110 Å². The van der Waals surface area contributed by atoms with Crippen molar-refractivity contribution in [1.29, 1.82) is 0 Å². The lowest BCUT2D eigenvalue weighted by Crippen LogP contribution is -2.30. The molecule has 1 unspecified atom stereocenters. The summed E-state index contributed by atoms with van der Waals surface area (Å²) in [5, 5.41) is 29.0. The number of fused-ring (bicyclic) bond motifs is 6. The van der Waals surface area contributed by atoms with Crippen molar-refractivity contribution in [3.63, 3.8) is 0 Å². The molecule has 2 atom stereocenters. The number of ether oxygens (including phenoxy) is 2. The molecule has 64 heavy (non-hydrogen) atoms. The summed E-state index contributed by atoms with van der Waals surface area (Å²) < 4.78 is 18.0. The Balaban J connectivity index is 0.868. The van der Waals surface area contributed by atoms with Crippen LogP contribution in [0.1, 0.15) is 36.8 Å². The molecule has 6 heteroatoms. The molecule has 11 rings (SSSR count). The van der Waals surface area contributed by atoms with Crippen molar-refractivity contribution in [3.8, 4) is 56.6 Å². The third-order valence-electron chi connectivity index (χ3n) is 13.4. The number of aromatic hydroxyl groups is 2. The van der Waals surface area contributed by atoms with E-state index < -0.39 is 0 Å². The normalized spacial score (nSPS) is 15.3. The summed E-state index contributed by atoms with van der Waals surface area (Å²) in [7, 11) is 0. The molecule has 2 heterocycles. The molecule has 1 fully saturated rings. The Bertz CT molecular complexity index is 3040. The predicted octanol–water partition coefficient (Wildman–Crippen LogP) is 14.5. The Morgan fingerprint density at radius 3 is 1.12 bits per heavy atom. The zero-order valence-corrected chi connectivity index (χ0v) is 36.2. The molecule has 1 saturated carbocycles. The molecule has 6 nitrogen and oxygen atoms in total. The SMILES string of the molecule is Cc1cc(-c2ccccc2OCC2CCCC[C@@H]2COc2ccccc2-c2cc(C)cc(-n3c4ccccc4c4ccccc43)c2O)c(O)c(-n2c3ccccc3c3ccccc32)c1. The summed E-state index contributed by atoms with van der Waals surface area (Å²) in [5.41, 5.74) is 11.0. The third-order valence-corrected chi connectivity index (χ3v) is 13.4. The molecule has 1 aliphatic carbocycles. The fourth-order valence-corrected chi connectivity index (χ4v) is 10.4. The number of aromatic nitrogens is 2. The smallest absolute Gasteiger partial charge is 0.147 e. The van der Waals surface area contributed by atoms with Crippen LogP contribution < -0.4 is 9.47 Å². The van der Waals surface area contributed by atoms with Gasteiger partial charge in [0.2, 0.25) is 0 Å². The average molecular weight is 839 g/mol. The lowest BCUT2D eigenvalue weighted by molar-refractivity contribution is 0.105. The zero-order valence-electron chi connectivity index (χ0n) is 36.2. The van der Waals surface area contributed by atoms with Crippen LogP contribution >= 0.6 is 0 Å². The number of hydrogen-bond acceptors (Lipinski definition) is 4. The van der Waals surface area contributed by atoms with Gasteiger partial charge in [-0.15, -0.1) is 0 Å². The van der Waals surface area contributed by atoms with Gasteiger partial charge < -0.3 is 28.8 Å². The van der Waals surface area contributed by atoms with E-state index in [1.807, 2.05) is 48.5 Å². The largest absolute Gasteiger partial charge is 0.505 e. The Kier molecular flexibility index (Phi) is 10.1. The fraction of sp³-hybridized carbons (Fsp3) is 0.172. The second-order valence-electron chi connectivity index (χ2n) is 17.5. The minimum absolute atomic E-state index is 0.220.